The van der Waals surface area contributed by atoms with Crippen molar-refractivity contribution in [2.75, 3.05) is 6.61 Å². The molecule has 0 aliphatic heterocycles. The summed E-state index contributed by atoms with van der Waals surface area (Å²) in [6, 6.07) is 3.12. The highest BCUT2D eigenvalue weighted by molar-refractivity contribution is 9.10. The van der Waals surface area contributed by atoms with E-state index in [9.17, 15) is 9.59 Å². The molecule has 0 saturated heterocycles. The molecule has 2 rings (SSSR count). The van der Waals surface area contributed by atoms with E-state index in [4.69, 9.17) is 4.74 Å². The van der Waals surface area contributed by atoms with Gasteiger partial charge in [-0.2, -0.15) is 0 Å². The largest absolute Gasteiger partial charge is 0.464 e. The van der Waals surface area contributed by atoms with Crippen LogP contribution in [0.15, 0.2) is 40.0 Å². The van der Waals surface area contributed by atoms with E-state index in [1.807, 2.05) is 0 Å². The molecular formula is C12H13BrN4O3. The maximum atomic E-state index is 11.5. The zero-order chi connectivity index (χ0) is 14.4. The second kappa shape index (κ2) is 6.99. The van der Waals surface area contributed by atoms with Crippen molar-refractivity contribution < 1.29 is 9.53 Å². The summed E-state index contributed by atoms with van der Waals surface area (Å²) in [6.07, 6.45) is 5.10. The lowest BCUT2D eigenvalue weighted by atomic mass is 10.4. The van der Waals surface area contributed by atoms with E-state index in [1.165, 1.54) is 10.6 Å². The zero-order valence-electron chi connectivity index (χ0n) is 10.6. The van der Waals surface area contributed by atoms with Crippen molar-refractivity contribution in [1.29, 1.82) is 0 Å². The number of nitrogens with zero attached hydrogens (tertiary/aromatic N) is 4. The lowest BCUT2D eigenvalue weighted by Gasteiger charge is -2.07. The summed E-state index contributed by atoms with van der Waals surface area (Å²) in [5.74, 6) is -0.330. The number of rotatable bonds is 6. The summed E-state index contributed by atoms with van der Waals surface area (Å²) in [6.45, 7) is 0.912. The van der Waals surface area contributed by atoms with Gasteiger partial charge < -0.3 is 9.30 Å². The van der Waals surface area contributed by atoms with Gasteiger partial charge in [0.2, 0.25) is 0 Å². The van der Waals surface area contributed by atoms with Crippen LogP contribution in [-0.2, 0) is 22.6 Å². The summed E-state index contributed by atoms with van der Waals surface area (Å²) in [7, 11) is 0. The van der Waals surface area contributed by atoms with Crippen LogP contribution in [-0.4, -0.2) is 32.1 Å². The Morgan fingerprint density at radius 2 is 2.20 bits per heavy atom. The molecule has 0 unspecified atom stereocenters. The Hall–Kier alpha value is -1.96. The Bertz CT molecular complexity index is 624. The standard InChI is InChI=1S/C12H13BrN4O3/c13-10-1-2-11(18)16(9-10)7-8-20-12(19)3-5-17-6-4-14-15-17/h1-2,4,6,9H,3,5,7-8H2. The average molecular weight is 341 g/mol. The molecule has 0 amide bonds. The van der Waals surface area contributed by atoms with Gasteiger partial charge in [0.25, 0.3) is 5.56 Å². The Morgan fingerprint density at radius 1 is 1.35 bits per heavy atom. The summed E-state index contributed by atoms with van der Waals surface area (Å²) in [4.78, 5) is 23.0. The molecule has 8 heteroatoms. The van der Waals surface area contributed by atoms with Crippen molar-refractivity contribution in [2.24, 2.45) is 0 Å². The Kier molecular flexibility index (Phi) is 5.05. The molecule has 7 nitrogen and oxygen atoms in total. The third-order valence-electron chi connectivity index (χ3n) is 2.56. The lowest BCUT2D eigenvalue weighted by molar-refractivity contribution is -0.144. The van der Waals surface area contributed by atoms with Crippen molar-refractivity contribution in [2.45, 2.75) is 19.5 Å². The molecule has 0 radical (unpaired) electrons. The molecule has 0 N–H and O–H groups in total. The molecule has 0 aromatic carbocycles. The average Bonchev–Trinajstić information content (AvgIpc) is 2.93. The summed E-state index contributed by atoms with van der Waals surface area (Å²) < 4.78 is 8.90. The second-order valence-corrected chi connectivity index (χ2v) is 4.93. The fraction of sp³-hybridized carbons (Fsp3) is 0.333. The van der Waals surface area contributed by atoms with Gasteiger partial charge in [0.05, 0.1) is 25.7 Å². The van der Waals surface area contributed by atoms with E-state index in [2.05, 4.69) is 26.2 Å². The van der Waals surface area contributed by atoms with Crippen LogP contribution < -0.4 is 5.56 Å². The monoisotopic (exact) mass is 340 g/mol. The normalized spacial score (nSPS) is 10.4. The van der Waals surface area contributed by atoms with Gasteiger partial charge >= 0.3 is 5.97 Å². The van der Waals surface area contributed by atoms with Crippen LogP contribution >= 0.6 is 15.9 Å². The minimum atomic E-state index is -0.330. The van der Waals surface area contributed by atoms with Crippen molar-refractivity contribution in [3.05, 3.63) is 45.5 Å². The van der Waals surface area contributed by atoms with Gasteiger partial charge in [0.1, 0.15) is 6.61 Å². The van der Waals surface area contributed by atoms with Crippen molar-refractivity contribution in [3.8, 4) is 0 Å². The Balaban J connectivity index is 1.73. The molecule has 20 heavy (non-hydrogen) atoms. The lowest BCUT2D eigenvalue weighted by Crippen LogP contribution is -2.22. The van der Waals surface area contributed by atoms with Crippen molar-refractivity contribution in [1.82, 2.24) is 19.6 Å². The summed E-state index contributed by atoms with van der Waals surface area (Å²) in [5, 5.41) is 7.38. The highest BCUT2D eigenvalue weighted by atomic mass is 79.9. The molecule has 0 fully saturated rings. The Morgan fingerprint density at radius 3 is 2.95 bits per heavy atom. The topological polar surface area (TPSA) is 79.0 Å². The van der Waals surface area contributed by atoms with Crippen LogP contribution in [0.2, 0.25) is 0 Å². The highest BCUT2D eigenvalue weighted by Crippen LogP contribution is 2.04. The fourth-order valence-electron chi connectivity index (χ4n) is 1.56. The number of halogens is 1. The number of hydrogen-bond donors (Lipinski definition) is 0. The summed E-state index contributed by atoms with van der Waals surface area (Å²) in [5.41, 5.74) is -0.133. The third kappa shape index (κ3) is 4.30. The third-order valence-corrected chi connectivity index (χ3v) is 3.03. The van der Waals surface area contributed by atoms with Gasteiger partial charge in [-0.3, -0.25) is 14.3 Å². The van der Waals surface area contributed by atoms with E-state index in [0.717, 1.165) is 4.47 Å². The molecule has 2 aromatic heterocycles. The number of aromatic nitrogens is 4. The van der Waals surface area contributed by atoms with E-state index in [-0.39, 0.29) is 24.6 Å². The highest BCUT2D eigenvalue weighted by Gasteiger charge is 2.04. The SMILES string of the molecule is O=C(CCn1ccnn1)OCCn1cc(Br)ccc1=O. The number of esters is 1. The number of pyridine rings is 1. The molecule has 106 valence electrons. The molecule has 2 aromatic rings. The van der Waals surface area contributed by atoms with Crippen LogP contribution in [0, 0.1) is 0 Å². The van der Waals surface area contributed by atoms with E-state index in [1.54, 1.807) is 29.3 Å². The Labute approximate surface area is 123 Å². The van der Waals surface area contributed by atoms with Gasteiger partial charge in [0, 0.05) is 22.9 Å². The van der Waals surface area contributed by atoms with Crippen LogP contribution in [0.25, 0.3) is 0 Å². The van der Waals surface area contributed by atoms with Crippen LogP contribution in [0.3, 0.4) is 0 Å². The van der Waals surface area contributed by atoms with Gasteiger partial charge in [-0.05, 0) is 22.0 Å². The fourth-order valence-corrected chi connectivity index (χ4v) is 1.94. The first-order valence-corrected chi connectivity index (χ1v) is 6.80. The molecular weight excluding hydrogens is 328 g/mol. The molecule has 0 bridgehead atoms. The molecule has 0 saturated carbocycles. The number of ether oxygens (including phenoxy) is 1. The number of carbonyl (C=O) groups excluding carboxylic acids is 1. The number of aryl methyl sites for hydroxylation is 1. The van der Waals surface area contributed by atoms with E-state index >= 15 is 0 Å². The van der Waals surface area contributed by atoms with Crippen LogP contribution in [0.1, 0.15) is 6.42 Å². The maximum absolute atomic E-state index is 11.5. The first-order valence-electron chi connectivity index (χ1n) is 6.01. The first kappa shape index (κ1) is 14.4. The van der Waals surface area contributed by atoms with Crippen molar-refractivity contribution >= 4 is 21.9 Å². The zero-order valence-corrected chi connectivity index (χ0v) is 12.2. The molecule has 0 spiro atoms. The predicted octanol–water partition coefficient (Wildman–Crippen LogP) is 0.836. The quantitative estimate of drug-likeness (QED) is 0.728. The van der Waals surface area contributed by atoms with E-state index < -0.39 is 0 Å². The summed E-state index contributed by atoms with van der Waals surface area (Å²) >= 11 is 3.28. The molecule has 2 heterocycles. The smallest absolute Gasteiger partial charge is 0.307 e. The van der Waals surface area contributed by atoms with Crippen LogP contribution in [0.4, 0.5) is 0 Å². The van der Waals surface area contributed by atoms with Gasteiger partial charge in [0.15, 0.2) is 0 Å². The van der Waals surface area contributed by atoms with Gasteiger partial charge in [-0.1, -0.05) is 5.21 Å². The maximum Gasteiger partial charge on any atom is 0.307 e. The number of carbonyl (C=O) groups is 1. The van der Waals surface area contributed by atoms with Crippen molar-refractivity contribution in [3.63, 3.8) is 0 Å². The minimum Gasteiger partial charge on any atom is -0.464 e. The molecule has 0 aliphatic carbocycles. The molecule has 0 aliphatic rings. The first-order chi connectivity index (χ1) is 9.65. The second-order valence-electron chi connectivity index (χ2n) is 4.02. The van der Waals surface area contributed by atoms with Gasteiger partial charge in [-0.25, -0.2) is 0 Å². The van der Waals surface area contributed by atoms with Crippen LogP contribution in [0.5, 0.6) is 0 Å². The minimum absolute atomic E-state index is 0.133. The predicted molar refractivity (Wildman–Crippen MR) is 74.0 cm³/mol. The van der Waals surface area contributed by atoms with Gasteiger partial charge in [-0.15, -0.1) is 5.10 Å². The molecule has 0 atom stereocenters. The number of hydrogen-bond acceptors (Lipinski definition) is 5. The van der Waals surface area contributed by atoms with E-state index in [0.29, 0.717) is 13.1 Å².